The van der Waals surface area contributed by atoms with Gasteiger partial charge >= 0.3 is 0 Å². The molecule has 42 heavy (non-hydrogen) atoms. The van der Waals surface area contributed by atoms with Crippen LogP contribution in [0.4, 0.5) is 11.4 Å². The molecule has 2 saturated carbocycles. The summed E-state index contributed by atoms with van der Waals surface area (Å²) in [4.78, 5) is 48.4. The van der Waals surface area contributed by atoms with Crippen molar-refractivity contribution >= 4 is 46.4 Å². The molecule has 4 N–H and O–H groups in total. The van der Waals surface area contributed by atoms with E-state index in [-0.39, 0.29) is 35.5 Å². The van der Waals surface area contributed by atoms with Gasteiger partial charge in [0.25, 0.3) is 0 Å². The molecule has 2 aromatic rings. The van der Waals surface area contributed by atoms with E-state index in [0.717, 1.165) is 61.0 Å². The number of carbonyl (C=O) groups is 4. The molecule has 4 rings (SSSR count). The first-order valence-corrected chi connectivity index (χ1v) is 14.8. The Labute approximate surface area is 246 Å². The van der Waals surface area contributed by atoms with Crippen molar-refractivity contribution in [3.63, 3.8) is 0 Å². The SMILES string of the molecule is CC(=NNC(=O)CCCCCCC(=O)NN=C(C)c1cccc(NC(=O)C2CC2)c1)c1cccc(NC(=O)C2CC2)c1. The number of hydrazone groups is 2. The summed E-state index contributed by atoms with van der Waals surface area (Å²) in [5, 5.41) is 14.3. The minimum atomic E-state index is -0.161. The fourth-order valence-corrected chi connectivity index (χ4v) is 4.28. The molecule has 0 aliphatic heterocycles. The lowest BCUT2D eigenvalue weighted by molar-refractivity contribution is -0.122. The van der Waals surface area contributed by atoms with Gasteiger partial charge in [0.1, 0.15) is 0 Å². The number of unbranched alkanes of at least 4 members (excludes halogenated alkanes) is 3. The second-order valence-electron chi connectivity index (χ2n) is 11.1. The van der Waals surface area contributed by atoms with E-state index in [2.05, 4.69) is 31.7 Å². The maximum Gasteiger partial charge on any atom is 0.240 e. The Morgan fingerprint density at radius 3 is 1.43 bits per heavy atom. The van der Waals surface area contributed by atoms with Crippen LogP contribution >= 0.6 is 0 Å². The van der Waals surface area contributed by atoms with Crippen LogP contribution in [0, 0.1) is 11.8 Å². The summed E-state index contributed by atoms with van der Waals surface area (Å²) in [5.74, 6) is 0.0391. The molecule has 0 radical (unpaired) electrons. The standard InChI is InChI=1S/C32H40N6O4/c1-21(25-9-7-11-27(19-25)33-31(41)23-15-16-23)35-37-29(39)13-5-3-4-6-14-30(40)38-36-22(2)26-10-8-12-28(20-26)34-32(42)24-17-18-24/h7-12,19-20,23-24H,3-6,13-18H2,1-2H3,(H,33,41)(H,34,42)(H,37,39)(H,38,40). The predicted octanol–water partition coefficient (Wildman–Crippen LogP) is 5.10. The van der Waals surface area contributed by atoms with Crippen LogP contribution in [0.1, 0.15) is 89.2 Å². The zero-order valence-corrected chi connectivity index (χ0v) is 24.4. The van der Waals surface area contributed by atoms with Crippen molar-refractivity contribution in [1.29, 1.82) is 0 Å². The maximum absolute atomic E-state index is 12.2. The molecule has 0 bridgehead atoms. The Morgan fingerprint density at radius 2 is 1.05 bits per heavy atom. The molecule has 0 unspecified atom stereocenters. The smallest absolute Gasteiger partial charge is 0.240 e. The molecule has 222 valence electrons. The van der Waals surface area contributed by atoms with Crippen LogP contribution in [-0.2, 0) is 19.2 Å². The van der Waals surface area contributed by atoms with E-state index >= 15 is 0 Å². The van der Waals surface area contributed by atoms with E-state index in [4.69, 9.17) is 0 Å². The number of rotatable bonds is 15. The number of carbonyl (C=O) groups excluding carboxylic acids is 4. The second kappa shape index (κ2) is 15.0. The third kappa shape index (κ3) is 10.2. The Bertz CT molecular complexity index is 1260. The van der Waals surface area contributed by atoms with Gasteiger partial charge < -0.3 is 10.6 Å². The van der Waals surface area contributed by atoms with Crippen LogP contribution in [0.2, 0.25) is 0 Å². The highest BCUT2D eigenvalue weighted by Gasteiger charge is 2.30. The zero-order chi connectivity index (χ0) is 29.9. The first kappa shape index (κ1) is 30.6. The highest BCUT2D eigenvalue weighted by molar-refractivity contribution is 6.02. The topological polar surface area (TPSA) is 141 Å². The number of benzene rings is 2. The molecular formula is C32H40N6O4. The predicted molar refractivity (Wildman–Crippen MR) is 164 cm³/mol. The van der Waals surface area contributed by atoms with E-state index in [1.165, 1.54) is 0 Å². The van der Waals surface area contributed by atoms with Crippen LogP contribution in [-0.4, -0.2) is 35.1 Å². The summed E-state index contributed by atoms with van der Waals surface area (Å²) >= 11 is 0. The van der Waals surface area contributed by atoms with Crippen LogP contribution in [0.15, 0.2) is 58.7 Å². The molecule has 10 heteroatoms. The van der Waals surface area contributed by atoms with Gasteiger partial charge in [-0.3, -0.25) is 19.2 Å². The summed E-state index contributed by atoms with van der Waals surface area (Å²) < 4.78 is 0. The Kier molecular flexibility index (Phi) is 11.0. The van der Waals surface area contributed by atoms with Gasteiger partial charge in [0.05, 0.1) is 11.4 Å². The molecule has 4 amide bonds. The van der Waals surface area contributed by atoms with Crippen LogP contribution < -0.4 is 21.5 Å². The van der Waals surface area contributed by atoms with E-state index in [1.807, 2.05) is 62.4 Å². The van der Waals surface area contributed by atoms with E-state index in [1.54, 1.807) is 0 Å². The fraction of sp³-hybridized carbons (Fsp3) is 0.438. The number of anilines is 2. The number of nitrogens with zero attached hydrogens (tertiary/aromatic N) is 2. The summed E-state index contributed by atoms with van der Waals surface area (Å²) in [6.45, 7) is 3.62. The number of nitrogens with one attached hydrogen (secondary N) is 4. The quantitative estimate of drug-likeness (QED) is 0.134. The Balaban J connectivity index is 1.08. The van der Waals surface area contributed by atoms with Gasteiger partial charge in [-0.1, -0.05) is 37.1 Å². The molecule has 2 aliphatic carbocycles. The molecule has 0 aromatic heterocycles. The number of hydrogen-bond donors (Lipinski definition) is 4. The first-order valence-electron chi connectivity index (χ1n) is 14.8. The van der Waals surface area contributed by atoms with Gasteiger partial charge in [-0.05, 0) is 87.8 Å². The minimum absolute atomic E-state index is 0.0493. The summed E-state index contributed by atoms with van der Waals surface area (Å²) in [6, 6.07) is 14.9. The normalized spacial score (nSPS) is 15.1. The lowest BCUT2D eigenvalue weighted by Gasteiger charge is -2.08. The third-order valence-electron chi connectivity index (χ3n) is 7.25. The van der Waals surface area contributed by atoms with Crippen molar-refractivity contribution in [3.8, 4) is 0 Å². The average molecular weight is 573 g/mol. The van der Waals surface area contributed by atoms with Gasteiger partial charge in [-0.15, -0.1) is 0 Å². The van der Waals surface area contributed by atoms with Crippen LogP contribution in [0.5, 0.6) is 0 Å². The van der Waals surface area contributed by atoms with Crippen molar-refractivity contribution in [2.75, 3.05) is 10.6 Å². The third-order valence-corrected chi connectivity index (χ3v) is 7.25. The van der Waals surface area contributed by atoms with Gasteiger partial charge in [0.15, 0.2) is 0 Å². The van der Waals surface area contributed by atoms with Crippen molar-refractivity contribution < 1.29 is 19.2 Å². The van der Waals surface area contributed by atoms with Crippen LogP contribution in [0.25, 0.3) is 0 Å². The van der Waals surface area contributed by atoms with E-state index in [0.29, 0.717) is 37.1 Å². The second-order valence-corrected chi connectivity index (χ2v) is 11.1. The first-order chi connectivity index (χ1) is 20.3. The van der Waals surface area contributed by atoms with Gasteiger partial charge in [0.2, 0.25) is 23.6 Å². The molecule has 2 aliphatic rings. The van der Waals surface area contributed by atoms with Gasteiger partial charge in [-0.2, -0.15) is 10.2 Å². The summed E-state index contributed by atoms with van der Waals surface area (Å²) in [5.41, 5.74) is 9.61. The molecule has 0 atom stereocenters. The average Bonchev–Trinajstić information content (AvgIpc) is 3.89. The zero-order valence-electron chi connectivity index (χ0n) is 24.4. The lowest BCUT2D eigenvalue weighted by atomic mass is 10.1. The molecule has 10 nitrogen and oxygen atoms in total. The van der Waals surface area contributed by atoms with Crippen molar-refractivity contribution in [2.45, 2.75) is 78.1 Å². The number of amides is 4. The van der Waals surface area contributed by atoms with Gasteiger partial charge in [0, 0.05) is 36.1 Å². The molecule has 0 spiro atoms. The minimum Gasteiger partial charge on any atom is -0.326 e. The van der Waals surface area contributed by atoms with E-state index in [9.17, 15) is 19.2 Å². The largest absolute Gasteiger partial charge is 0.326 e. The highest BCUT2D eigenvalue weighted by Crippen LogP contribution is 2.31. The molecule has 0 saturated heterocycles. The van der Waals surface area contributed by atoms with Crippen LogP contribution in [0.3, 0.4) is 0 Å². The maximum atomic E-state index is 12.2. The van der Waals surface area contributed by atoms with Gasteiger partial charge in [-0.25, -0.2) is 10.9 Å². The van der Waals surface area contributed by atoms with Crippen molar-refractivity contribution in [3.05, 3.63) is 59.7 Å². The molecule has 0 heterocycles. The Morgan fingerprint density at radius 1 is 0.643 bits per heavy atom. The molecular weight excluding hydrogens is 532 g/mol. The Hall–Kier alpha value is -4.34. The summed E-state index contributed by atoms with van der Waals surface area (Å²) in [6.07, 6.45) is 7.55. The molecule has 2 aromatic carbocycles. The van der Waals surface area contributed by atoms with Crippen molar-refractivity contribution in [2.24, 2.45) is 22.0 Å². The lowest BCUT2D eigenvalue weighted by Crippen LogP contribution is -2.19. The molecule has 2 fully saturated rings. The number of hydrogen-bond acceptors (Lipinski definition) is 6. The van der Waals surface area contributed by atoms with Crippen molar-refractivity contribution in [1.82, 2.24) is 10.9 Å². The fourth-order valence-electron chi connectivity index (χ4n) is 4.28. The van der Waals surface area contributed by atoms with E-state index < -0.39 is 0 Å². The highest BCUT2D eigenvalue weighted by atomic mass is 16.2. The monoisotopic (exact) mass is 572 g/mol. The summed E-state index contributed by atoms with van der Waals surface area (Å²) in [7, 11) is 0.